The summed E-state index contributed by atoms with van der Waals surface area (Å²) in [6, 6.07) is 5.92. The fourth-order valence-electron chi connectivity index (χ4n) is 2.62. The van der Waals surface area contributed by atoms with E-state index in [2.05, 4.69) is 41.3 Å². The zero-order valence-corrected chi connectivity index (χ0v) is 13.6. The third-order valence-corrected chi connectivity index (χ3v) is 3.92. The normalized spacial score (nSPS) is 14.5. The van der Waals surface area contributed by atoms with Crippen LogP contribution in [0, 0.1) is 0 Å². The largest absolute Gasteiger partial charge is 0.378 e. The maximum atomic E-state index is 5.39. The third kappa shape index (κ3) is 3.72. The Morgan fingerprint density at radius 1 is 1.04 bits per heavy atom. The molecule has 1 saturated heterocycles. The smallest absolute Gasteiger partial charge is 0.160 e. The number of rotatable bonds is 5. The minimum absolute atomic E-state index is 0.646. The molecular formula is C16H18N8O. The lowest BCUT2D eigenvalue weighted by molar-refractivity contribution is 0.122. The average Bonchev–Trinajstić information content (AvgIpc) is 3.23. The molecule has 1 aliphatic heterocycles. The maximum absolute atomic E-state index is 5.39. The van der Waals surface area contributed by atoms with E-state index >= 15 is 0 Å². The van der Waals surface area contributed by atoms with Crippen LogP contribution in [0.4, 0.5) is 11.6 Å². The van der Waals surface area contributed by atoms with Gasteiger partial charge in [-0.2, -0.15) is 5.10 Å². The number of nitrogens with one attached hydrogen (secondary N) is 1. The molecule has 0 aromatic carbocycles. The molecule has 4 rings (SSSR count). The molecule has 25 heavy (non-hydrogen) atoms. The van der Waals surface area contributed by atoms with Gasteiger partial charge in [-0.3, -0.25) is 0 Å². The van der Waals surface area contributed by atoms with Crippen LogP contribution in [-0.2, 0) is 11.3 Å². The molecule has 128 valence electrons. The molecule has 0 aliphatic carbocycles. The Morgan fingerprint density at radius 2 is 1.96 bits per heavy atom. The Morgan fingerprint density at radius 3 is 2.80 bits per heavy atom. The second-order valence-corrected chi connectivity index (χ2v) is 5.58. The van der Waals surface area contributed by atoms with Crippen LogP contribution in [0.15, 0.2) is 43.4 Å². The van der Waals surface area contributed by atoms with Gasteiger partial charge in [0.05, 0.1) is 13.2 Å². The highest BCUT2D eigenvalue weighted by molar-refractivity contribution is 5.44. The summed E-state index contributed by atoms with van der Waals surface area (Å²) in [5, 5.41) is 7.38. The summed E-state index contributed by atoms with van der Waals surface area (Å²) >= 11 is 0. The van der Waals surface area contributed by atoms with Gasteiger partial charge in [-0.25, -0.2) is 24.6 Å². The van der Waals surface area contributed by atoms with Crippen molar-refractivity contribution in [2.45, 2.75) is 6.54 Å². The van der Waals surface area contributed by atoms with Crippen LogP contribution in [0.3, 0.4) is 0 Å². The van der Waals surface area contributed by atoms with E-state index in [1.54, 1.807) is 11.0 Å². The van der Waals surface area contributed by atoms with Crippen LogP contribution >= 0.6 is 0 Å². The molecule has 3 aromatic rings. The van der Waals surface area contributed by atoms with E-state index in [-0.39, 0.29) is 0 Å². The van der Waals surface area contributed by atoms with Crippen LogP contribution in [0.25, 0.3) is 5.82 Å². The Bertz CT molecular complexity index is 817. The molecule has 0 bridgehead atoms. The van der Waals surface area contributed by atoms with Gasteiger partial charge < -0.3 is 15.0 Å². The fraction of sp³-hybridized carbons (Fsp3) is 0.312. The number of pyridine rings is 1. The Labute approximate surface area is 144 Å². The van der Waals surface area contributed by atoms with Gasteiger partial charge in [0.2, 0.25) is 0 Å². The predicted molar refractivity (Wildman–Crippen MR) is 91.5 cm³/mol. The highest BCUT2D eigenvalue weighted by atomic mass is 16.5. The first kappa shape index (κ1) is 15.5. The molecule has 1 N–H and O–H groups in total. The maximum Gasteiger partial charge on any atom is 0.160 e. The quantitative estimate of drug-likeness (QED) is 0.733. The predicted octanol–water partition coefficient (Wildman–Crippen LogP) is 0.901. The van der Waals surface area contributed by atoms with E-state index in [9.17, 15) is 0 Å². The lowest BCUT2D eigenvalue weighted by atomic mass is 10.2. The van der Waals surface area contributed by atoms with E-state index < -0.39 is 0 Å². The topological polar surface area (TPSA) is 93.9 Å². The first-order valence-electron chi connectivity index (χ1n) is 8.07. The van der Waals surface area contributed by atoms with Gasteiger partial charge in [-0.05, 0) is 17.7 Å². The van der Waals surface area contributed by atoms with Crippen molar-refractivity contribution in [2.24, 2.45) is 0 Å². The van der Waals surface area contributed by atoms with Crippen molar-refractivity contribution in [3.63, 3.8) is 0 Å². The lowest BCUT2D eigenvalue weighted by Crippen LogP contribution is -2.36. The van der Waals surface area contributed by atoms with Crippen LogP contribution in [0.2, 0.25) is 0 Å². The van der Waals surface area contributed by atoms with E-state index in [0.717, 1.165) is 43.5 Å². The van der Waals surface area contributed by atoms with Crippen LogP contribution in [0.5, 0.6) is 0 Å². The monoisotopic (exact) mass is 338 g/mol. The number of hydrogen-bond acceptors (Lipinski definition) is 8. The SMILES string of the molecule is c1cc(CNc2cc(-n3cncn3)ncn2)cc(N2CCOCC2)n1. The fourth-order valence-corrected chi connectivity index (χ4v) is 2.62. The molecule has 0 amide bonds. The van der Waals surface area contributed by atoms with Crippen molar-refractivity contribution in [1.82, 2.24) is 29.7 Å². The number of aromatic nitrogens is 6. The van der Waals surface area contributed by atoms with E-state index in [1.807, 2.05) is 18.3 Å². The highest BCUT2D eigenvalue weighted by Crippen LogP contribution is 2.15. The number of hydrogen-bond donors (Lipinski definition) is 1. The second-order valence-electron chi connectivity index (χ2n) is 5.58. The summed E-state index contributed by atoms with van der Waals surface area (Å²) < 4.78 is 6.98. The molecule has 1 aliphatic rings. The summed E-state index contributed by atoms with van der Waals surface area (Å²) in [5.41, 5.74) is 1.14. The molecule has 1 fully saturated rings. The van der Waals surface area contributed by atoms with Crippen molar-refractivity contribution in [3.05, 3.63) is 48.9 Å². The van der Waals surface area contributed by atoms with Crippen molar-refractivity contribution in [3.8, 4) is 5.82 Å². The molecule has 9 nitrogen and oxygen atoms in total. The second kappa shape index (κ2) is 7.22. The molecule has 3 aromatic heterocycles. The zero-order chi connectivity index (χ0) is 16.9. The van der Waals surface area contributed by atoms with Gasteiger partial charge in [0.15, 0.2) is 5.82 Å². The minimum atomic E-state index is 0.646. The number of morpholine rings is 1. The van der Waals surface area contributed by atoms with E-state index in [4.69, 9.17) is 4.74 Å². The van der Waals surface area contributed by atoms with Crippen molar-refractivity contribution in [1.29, 1.82) is 0 Å². The first-order valence-corrected chi connectivity index (χ1v) is 8.07. The molecule has 0 spiro atoms. The molecular weight excluding hydrogens is 320 g/mol. The summed E-state index contributed by atoms with van der Waals surface area (Å²) in [6.45, 7) is 3.88. The average molecular weight is 338 g/mol. The van der Waals surface area contributed by atoms with Crippen molar-refractivity contribution in [2.75, 3.05) is 36.5 Å². The van der Waals surface area contributed by atoms with Crippen LogP contribution in [0.1, 0.15) is 5.56 Å². The zero-order valence-electron chi connectivity index (χ0n) is 13.6. The van der Waals surface area contributed by atoms with Gasteiger partial charge in [-0.15, -0.1) is 0 Å². The molecule has 4 heterocycles. The van der Waals surface area contributed by atoms with Gasteiger partial charge in [0.25, 0.3) is 0 Å². The molecule has 0 unspecified atom stereocenters. The number of nitrogens with zero attached hydrogens (tertiary/aromatic N) is 7. The van der Waals surface area contributed by atoms with Gasteiger partial charge >= 0.3 is 0 Å². The Hall–Kier alpha value is -3.07. The van der Waals surface area contributed by atoms with Gasteiger partial charge in [0, 0.05) is 31.9 Å². The molecule has 0 saturated carbocycles. The molecule has 9 heteroatoms. The number of anilines is 2. The summed E-state index contributed by atoms with van der Waals surface area (Å²) in [7, 11) is 0. The van der Waals surface area contributed by atoms with Crippen molar-refractivity contribution < 1.29 is 4.74 Å². The molecule has 0 atom stereocenters. The van der Waals surface area contributed by atoms with Gasteiger partial charge in [0.1, 0.15) is 30.6 Å². The number of ether oxygens (including phenoxy) is 1. The lowest BCUT2D eigenvalue weighted by Gasteiger charge is -2.28. The van der Waals surface area contributed by atoms with E-state index in [1.165, 1.54) is 12.7 Å². The summed E-state index contributed by atoms with van der Waals surface area (Å²) in [6.07, 6.45) is 6.41. The van der Waals surface area contributed by atoms with Crippen LogP contribution in [-0.4, -0.2) is 56.0 Å². The Balaban J connectivity index is 1.44. The standard InChI is InChI=1S/C16H18N8O/c1-2-18-15(23-3-5-25-6-4-23)7-13(1)9-19-14-8-16(21-11-20-14)24-12-17-10-22-24/h1-2,7-8,10-12H,3-6,9H2,(H,19,20,21). The summed E-state index contributed by atoms with van der Waals surface area (Å²) in [4.78, 5) is 19.1. The van der Waals surface area contributed by atoms with Crippen molar-refractivity contribution >= 4 is 11.6 Å². The van der Waals surface area contributed by atoms with Gasteiger partial charge in [-0.1, -0.05) is 0 Å². The first-order chi connectivity index (χ1) is 12.4. The third-order valence-electron chi connectivity index (χ3n) is 3.92. The molecule has 0 radical (unpaired) electrons. The highest BCUT2D eigenvalue weighted by Gasteiger charge is 2.12. The Kier molecular flexibility index (Phi) is 4.46. The minimum Gasteiger partial charge on any atom is -0.378 e. The van der Waals surface area contributed by atoms with Crippen LogP contribution < -0.4 is 10.2 Å². The van der Waals surface area contributed by atoms with E-state index in [0.29, 0.717) is 12.4 Å². The summed E-state index contributed by atoms with van der Waals surface area (Å²) in [5.74, 6) is 2.37.